The van der Waals surface area contributed by atoms with Crippen LogP contribution in [0.25, 0.3) is 0 Å². The predicted octanol–water partition coefficient (Wildman–Crippen LogP) is 7.58. The van der Waals surface area contributed by atoms with Gasteiger partial charge in [-0.3, -0.25) is 19.3 Å². The number of hydrogen-bond acceptors (Lipinski definition) is 6. The van der Waals surface area contributed by atoms with E-state index in [2.05, 4.69) is 44.4 Å². The average molecular weight is 697 g/mol. The standard InChI is InChI=1S/C42H68N2O6/c1-37(2,36(47)48)26-35(46)50-33-13-16-39(5)31(38(33,3)4)12-17-41(7)32(39)11-10-29-30-9-8-15-42(30,19-18-40(29,41)6)25-34(45)44-20-14-28(27-44)43-21-23-49-24-22-43/h28-33H,8-27H2,1-7H3,(H,47,48)/t28-,29-,30-,31?,32?,33+,39+,40-,41-,42-/m1/s1. The summed E-state index contributed by atoms with van der Waals surface area (Å²) in [5.74, 6) is 1.53. The van der Waals surface area contributed by atoms with Gasteiger partial charge in [-0.05, 0) is 130 Å². The van der Waals surface area contributed by atoms with Crippen LogP contribution in [-0.4, -0.2) is 84.3 Å². The number of morpholine rings is 1. The van der Waals surface area contributed by atoms with Crippen LogP contribution in [0.5, 0.6) is 0 Å². The zero-order valence-electron chi connectivity index (χ0n) is 32.5. The van der Waals surface area contributed by atoms with Gasteiger partial charge in [0.1, 0.15) is 6.10 Å². The van der Waals surface area contributed by atoms with Crippen molar-refractivity contribution in [2.24, 2.45) is 56.2 Å². The Labute approximate surface area is 302 Å². The van der Waals surface area contributed by atoms with E-state index in [1.807, 2.05) is 0 Å². The molecule has 282 valence electrons. The lowest BCUT2D eigenvalue weighted by molar-refractivity contribution is -0.248. The van der Waals surface area contributed by atoms with Crippen molar-refractivity contribution in [1.29, 1.82) is 0 Å². The fourth-order valence-corrected chi connectivity index (χ4v) is 14.5. The van der Waals surface area contributed by atoms with E-state index < -0.39 is 11.4 Å². The number of rotatable bonds is 7. The fourth-order valence-electron chi connectivity index (χ4n) is 14.5. The van der Waals surface area contributed by atoms with Crippen molar-refractivity contribution in [2.75, 3.05) is 39.4 Å². The van der Waals surface area contributed by atoms with Gasteiger partial charge in [-0.15, -0.1) is 0 Å². The van der Waals surface area contributed by atoms with E-state index in [9.17, 15) is 19.5 Å². The van der Waals surface area contributed by atoms with Crippen LogP contribution in [-0.2, 0) is 23.9 Å². The largest absolute Gasteiger partial charge is 0.481 e. The maximum Gasteiger partial charge on any atom is 0.309 e. The number of nitrogens with zero attached hydrogens (tertiary/aromatic N) is 2. The molecule has 8 heteroatoms. The minimum absolute atomic E-state index is 0.0987. The van der Waals surface area contributed by atoms with E-state index in [-0.39, 0.29) is 45.6 Å². The van der Waals surface area contributed by atoms with E-state index in [0.29, 0.717) is 35.6 Å². The zero-order chi connectivity index (χ0) is 35.9. The van der Waals surface area contributed by atoms with Crippen molar-refractivity contribution < 1.29 is 29.0 Å². The van der Waals surface area contributed by atoms with Crippen LogP contribution >= 0.6 is 0 Å². The Hall–Kier alpha value is -1.67. The Morgan fingerprint density at radius 1 is 0.800 bits per heavy atom. The van der Waals surface area contributed by atoms with Crippen molar-refractivity contribution in [3.8, 4) is 0 Å². The number of esters is 1. The van der Waals surface area contributed by atoms with E-state index >= 15 is 0 Å². The topological polar surface area (TPSA) is 96.4 Å². The van der Waals surface area contributed by atoms with Gasteiger partial charge in [-0.2, -0.15) is 0 Å². The average Bonchev–Trinajstić information content (AvgIpc) is 3.71. The van der Waals surface area contributed by atoms with E-state index in [4.69, 9.17) is 9.47 Å². The van der Waals surface area contributed by atoms with Gasteiger partial charge >= 0.3 is 11.9 Å². The lowest BCUT2D eigenvalue weighted by Gasteiger charge is -2.72. The third-order valence-electron chi connectivity index (χ3n) is 17.5. The Balaban J connectivity index is 1.05. The van der Waals surface area contributed by atoms with E-state index in [1.165, 1.54) is 51.4 Å². The molecule has 7 rings (SSSR count). The molecule has 2 heterocycles. The highest BCUT2D eigenvalue weighted by Gasteiger charge is 2.70. The molecule has 7 aliphatic rings. The molecule has 8 nitrogen and oxygen atoms in total. The summed E-state index contributed by atoms with van der Waals surface area (Å²) in [6.45, 7) is 21.2. The normalized spacial score (nSPS) is 44.4. The van der Waals surface area contributed by atoms with Crippen molar-refractivity contribution >= 4 is 17.8 Å². The Morgan fingerprint density at radius 3 is 2.26 bits per heavy atom. The van der Waals surface area contributed by atoms with Crippen LogP contribution in [0.1, 0.15) is 138 Å². The molecule has 10 atom stereocenters. The summed E-state index contributed by atoms with van der Waals surface area (Å²) in [4.78, 5) is 43.6. The summed E-state index contributed by atoms with van der Waals surface area (Å²) < 4.78 is 11.8. The number of likely N-dealkylation sites (tertiary alicyclic amines) is 1. The van der Waals surface area contributed by atoms with Crippen LogP contribution in [0.15, 0.2) is 0 Å². The second-order valence-corrected chi connectivity index (χ2v) is 20.3. The molecule has 7 fully saturated rings. The Bertz CT molecular complexity index is 1340. The summed E-state index contributed by atoms with van der Waals surface area (Å²) in [6.07, 6.45) is 14.7. The first-order valence-electron chi connectivity index (χ1n) is 20.5. The smallest absolute Gasteiger partial charge is 0.309 e. The number of ether oxygens (including phenoxy) is 2. The van der Waals surface area contributed by atoms with Crippen molar-refractivity contribution in [3.05, 3.63) is 0 Å². The van der Waals surface area contributed by atoms with Crippen molar-refractivity contribution in [1.82, 2.24) is 9.80 Å². The highest BCUT2D eigenvalue weighted by molar-refractivity contribution is 5.81. The molecule has 5 saturated carbocycles. The molecule has 0 aromatic heterocycles. The molecular formula is C42H68N2O6. The van der Waals surface area contributed by atoms with Gasteiger partial charge in [0.2, 0.25) is 5.91 Å². The van der Waals surface area contributed by atoms with Crippen LogP contribution in [0.3, 0.4) is 0 Å². The molecular weight excluding hydrogens is 628 g/mol. The van der Waals surface area contributed by atoms with E-state index in [0.717, 1.165) is 71.5 Å². The molecule has 1 amide bonds. The molecule has 1 N–H and O–H groups in total. The number of hydrogen-bond donors (Lipinski definition) is 1. The third-order valence-corrected chi connectivity index (χ3v) is 17.5. The summed E-state index contributed by atoms with van der Waals surface area (Å²) in [5.41, 5.74) is -0.404. The van der Waals surface area contributed by atoms with Gasteiger partial charge in [0, 0.05) is 44.1 Å². The van der Waals surface area contributed by atoms with Crippen LogP contribution in [0.2, 0.25) is 0 Å². The summed E-state index contributed by atoms with van der Waals surface area (Å²) in [7, 11) is 0. The summed E-state index contributed by atoms with van der Waals surface area (Å²) in [6, 6.07) is 0.497. The molecule has 2 saturated heterocycles. The van der Waals surface area contributed by atoms with Gasteiger partial charge < -0.3 is 19.5 Å². The zero-order valence-corrected chi connectivity index (χ0v) is 32.5. The SMILES string of the molecule is CC(C)(CC(=O)O[C@H]1CC[C@@]2(C)C(CC[C@]3(C)C2CC[C@@H]2[C@H]4CCC[C@]4(CC(=O)N4CC[C@@H](N5CCOCC5)C4)CC[C@]23C)C1(C)C)C(=O)O. The van der Waals surface area contributed by atoms with Gasteiger partial charge in [-0.1, -0.05) is 41.0 Å². The summed E-state index contributed by atoms with van der Waals surface area (Å²) >= 11 is 0. The molecule has 0 radical (unpaired) electrons. The number of carboxylic acid groups (broad SMARTS) is 1. The third kappa shape index (κ3) is 5.69. The quantitative estimate of drug-likeness (QED) is 0.274. The van der Waals surface area contributed by atoms with Crippen LogP contribution < -0.4 is 0 Å². The fraction of sp³-hybridized carbons (Fsp3) is 0.929. The maximum absolute atomic E-state index is 14.1. The minimum Gasteiger partial charge on any atom is -0.481 e. The number of carbonyl (C=O) groups excluding carboxylic acids is 2. The number of carbonyl (C=O) groups is 3. The Kier molecular flexibility index (Phi) is 9.34. The molecule has 0 aromatic carbocycles. The monoisotopic (exact) mass is 697 g/mol. The van der Waals surface area contributed by atoms with Gasteiger partial charge in [0.25, 0.3) is 0 Å². The molecule has 2 unspecified atom stereocenters. The highest BCUT2D eigenvalue weighted by atomic mass is 16.5. The Morgan fingerprint density at radius 2 is 1.54 bits per heavy atom. The molecule has 50 heavy (non-hydrogen) atoms. The molecule has 0 spiro atoms. The molecule has 0 aromatic rings. The second-order valence-electron chi connectivity index (χ2n) is 20.3. The molecule has 5 aliphatic carbocycles. The predicted molar refractivity (Wildman–Crippen MR) is 193 cm³/mol. The molecule has 2 aliphatic heterocycles. The number of amides is 1. The van der Waals surface area contributed by atoms with Crippen LogP contribution in [0.4, 0.5) is 0 Å². The first-order valence-corrected chi connectivity index (χ1v) is 20.5. The van der Waals surface area contributed by atoms with Gasteiger partial charge in [-0.25, -0.2) is 0 Å². The van der Waals surface area contributed by atoms with Crippen LogP contribution in [0, 0.1) is 56.2 Å². The number of aliphatic carboxylic acids is 1. The maximum atomic E-state index is 14.1. The number of carboxylic acids is 1. The van der Waals surface area contributed by atoms with E-state index in [1.54, 1.807) is 13.8 Å². The second kappa shape index (κ2) is 12.7. The molecule has 0 bridgehead atoms. The van der Waals surface area contributed by atoms with Gasteiger partial charge in [0.15, 0.2) is 0 Å². The number of fused-ring (bicyclic) bond motifs is 7. The lowest BCUT2D eigenvalue weighted by Crippen LogP contribution is -2.66. The lowest BCUT2D eigenvalue weighted by atomic mass is 9.32. The summed E-state index contributed by atoms with van der Waals surface area (Å²) in [5, 5.41) is 9.59. The van der Waals surface area contributed by atoms with Crippen molar-refractivity contribution in [2.45, 2.75) is 151 Å². The van der Waals surface area contributed by atoms with Gasteiger partial charge in [0.05, 0.1) is 25.0 Å². The minimum atomic E-state index is -1.13. The first kappa shape index (κ1) is 36.7. The highest BCUT2D eigenvalue weighted by Crippen LogP contribution is 2.77. The first-order chi connectivity index (χ1) is 23.5. The van der Waals surface area contributed by atoms with Crippen molar-refractivity contribution in [3.63, 3.8) is 0 Å².